The molecule has 1 aromatic rings. The molecule has 0 saturated carbocycles. The highest BCUT2D eigenvalue weighted by atomic mass is 19.1. The van der Waals surface area contributed by atoms with Crippen LogP contribution in [0.1, 0.15) is 12.5 Å². The van der Waals surface area contributed by atoms with Crippen LogP contribution in [0.3, 0.4) is 0 Å². The number of aromatic hydroxyl groups is 1. The van der Waals surface area contributed by atoms with Crippen molar-refractivity contribution >= 4 is 0 Å². The maximum Gasteiger partial charge on any atom is 0.187 e. The van der Waals surface area contributed by atoms with Gasteiger partial charge in [-0.3, -0.25) is 0 Å². The maximum atomic E-state index is 12.5. The van der Waals surface area contributed by atoms with E-state index in [0.717, 1.165) is 12.1 Å². The largest absolute Gasteiger partial charge is 0.503 e. The first-order valence-corrected chi connectivity index (χ1v) is 3.32. The fourth-order valence-electron chi connectivity index (χ4n) is 0.822. The minimum atomic E-state index is -0.901. The van der Waals surface area contributed by atoms with Crippen molar-refractivity contribution in [2.45, 2.75) is 13.3 Å². The Morgan fingerprint density at radius 2 is 1.73 bits per heavy atom. The third-order valence-electron chi connectivity index (χ3n) is 1.48. The van der Waals surface area contributed by atoms with Gasteiger partial charge in [0.05, 0.1) is 0 Å². The lowest BCUT2D eigenvalue weighted by molar-refractivity contribution is 0.395. The van der Waals surface area contributed by atoms with Gasteiger partial charge in [0.15, 0.2) is 17.4 Å². The summed E-state index contributed by atoms with van der Waals surface area (Å²) >= 11 is 0. The molecule has 1 N–H and O–H groups in total. The molecule has 0 amide bonds. The zero-order chi connectivity index (χ0) is 8.43. The Kier molecular flexibility index (Phi) is 2.08. The van der Waals surface area contributed by atoms with Crippen molar-refractivity contribution in [3.63, 3.8) is 0 Å². The summed E-state index contributed by atoms with van der Waals surface area (Å²) in [7, 11) is 0. The molecule has 0 spiro atoms. The molecule has 1 rings (SSSR count). The molecular weight excluding hydrogens is 150 g/mol. The Balaban J connectivity index is 3.21. The summed E-state index contributed by atoms with van der Waals surface area (Å²) in [5.41, 5.74) is 0.540. The van der Waals surface area contributed by atoms with E-state index in [0.29, 0.717) is 12.0 Å². The van der Waals surface area contributed by atoms with Crippen molar-refractivity contribution < 1.29 is 13.9 Å². The molecule has 0 heterocycles. The van der Waals surface area contributed by atoms with Crippen LogP contribution in [0.15, 0.2) is 12.1 Å². The summed E-state index contributed by atoms with van der Waals surface area (Å²) in [5, 5.41) is 8.68. The van der Waals surface area contributed by atoms with E-state index in [1.54, 1.807) is 6.92 Å². The van der Waals surface area contributed by atoms with E-state index in [2.05, 4.69) is 0 Å². The predicted octanol–water partition coefficient (Wildman–Crippen LogP) is 2.23. The number of hydrogen-bond donors (Lipinski definition) is 1. The van der Waals surface area contributed by atoms with Crippen LogP contribution in [-0.2, 0) is 6.42 Å². The number of halogens is 2. The van der Waals surface area contributed by atoms with Gasteiger partial charge in [-0.05, 0) is 24.1 Å². The van der Waals surface area contributed by atoms with Gasteiger partial charge in [-0.2, -0.15) is 0 Å². The van der Waals surface area contributed by atoms with Crippen molar-refractivity contribution in [3.05, 3.63) is 29.3 Å². The smallest absolute Gasteiger partial charge is 0.187 e. The van der Waals surface area contributed by atoms with Gasteiger partial charge >= 0.3 is 0 Å². The fraction of sp³-hybridized carbons (Fsp3) is 0.250. The SMILES string of the molecule is CCc1cc(F)c(O)c(F)c1. The zero-order valence-corrected chi connectivity index (χ0v) is 6.06. The van der Waals surface area contributed by atoms with E-state index >= 15 is 0 Å². The van der Waals surface area contributed by atoms with Gasteiger partial charge in [0.1, 0.15) is 0 Å². The molecular formula is C8H8F2O. The number of benzene rings is 1. The zero-order valence-electron chi connectivity index (χ0n) is 6.06. The second kappa shape index (κ2) is 2.86. The molecule has 0 bridgehead atoms. The number of rotatable bonds is 1. The van der Waals surface area contributed by atoms with Crippen molar-refractivity contribution in [2.24, 2.45) is 0 Å². The van der Waals surface area contributed by atoms with Crippen LogP contribution >= 0.6 is 0 Å². The van der Waals surface area contributed by atoms with Gasteiger partial charge < -0.3 is 5.11 Å². The molecule has 0 aliphatic carbocycles. The molecule has 0 aliphatic rings. The highest BCUT2D eigenvalue weighted by Gasteiger charge is 2.07. The number of phenols is 1. The number of aryl methyl sites for hydroxylation is 1. The molecule has 0 fully saturated rings. The maximum absolute atomic E-state index is 12.5. The predicted molar refractivity (Wildman–Crippen MR) is 37.4 cm³/mol. The summed E-state index contributed by atoms with van der Waals surface area (Å²) in [5.74, 6) is -2.70. The van der Waals surface area contributed by atoms with Crippen molar-refractivity contribution in [1.82, 2.24) is 0 Å². The lowest BCUT2D eigenvalue weighted by Gasteiger charge is -1.99. The Labute approximate surface area is 63.3 Å². The summed E-state index contributed by atoms with van der Waals surface area (Å²) in [6.45, 7) is 1.78. The van der Waals surface area contributed by atoms with Crippen LogP contribution in [0.4, 0.5) is 8.78 Å². The standard InChI is InChI=1S/C8H8F2O/c1-2-5-3-6(9)8(11)7(10)4-5/h3-4,11H,2H2,1H3. The van der Waals surface area contributed by atoms with Crippen LogP contribution in [0.2, 0.25) is 0 Å². The summed E-state index contributed by atoms with van der Waals surface area (Å²) in [6.07, 6.45) is 0.550. The molecule has 60 valence electrons. The van der Waals surface area contributed by atoms with E-state index in [4.69, 9.17) is 5.11 Å². The second-order valence-corrected chi connectivity index (χ2v) is 2.26. The molecule has 3 heteroatoms. The summed E-state index contributed by atoms with van der Waals surface area (Å²) < 4.78 is 25.1. The number of phenolic OH excluding ortho intramolecular Hbond substituents is 1. The van der Waals surface area contributed by atoms with Crippen molar-refractivity contribution in [1.29, 1.82) is 0 Å². The molecule has 0 atom stereocenters. The molecule has 1 nitrogen and oxygen atoms in total. The molecule has 0 aliphatic heterocycles. The monoisotopic (exact) mass is 158 g/mol. The Morgan fingerprint density at radius 1 is 1.27 bits per heavy atom. The van der Waals surface area contributed by atoms with E-state index < -0.39 is 17.4 Å². The highest BCUT2D eigenvalue weighted by Crippen LogP contribution is 2.21. The molecule has 0 unspecified atom stereocenters. The first kappa shape index (κ1) is 7.98. The van der Waals surface area contributed by atoms with Crippen LogP contribution in [0.25, 0.3) is 0 Å². The molecule has 11 heavy (non-hydrogen) atoms. The van der Waals surface area contributed by atoms with Crippen molar-refractivity contribution in [2.75, 3.05) is 0 Å². The van der Waals surface area contributed by atoms with E-state index in [1.807, 2.05) is 0 Å². The number of hydrogen-bond acceptors (Lipinski definition) is 1. The minimum Gasteiger partial charge on any atom is -0.503 e. The van der Waals surface area contributed by atoms with Crippen LogP contribution in [0, 0.1) is 11.6 Å². The van der Waals surface area contributed by atoms with E-state index in [-0.39, 0.29) is 0 Å². The van der Waals surface area contributed by atoms with Crippen LogP contribution in [-0.4, -0.2) is 5.11 Å². The Hall–Kier alpha value is -1.12. The lowest BCUT2D eigenvalue weighted by Crippen LogP contribution is -1.87. The van der Waals surface area contributed by atoms with Crippen molar-refractivity contribution in [3.8, 4) is 5.75 Å². The summed E-state index contributed by atoms with van der Waals surface area (Å²) in [4.78, 5) is 0. The third-order valence-corrected chi connectivity index (χ3v) is 1.48. The first-order chi connectivity index (χ1) is 5.15. The van der Waals surface area contributed by atoms with Crippen LogP contribution in [0.5, 0.6) is 5.75 Å². The Bertz CT molecular complexity index is 248. The van der Waals surface area contributed by atoms with Gasteiger partial charge in [-0.1, -0.05) is 6.92 Å². The second-order valence-electron chi connectivity index (χ2n) is 2.26. The summed E-state index contributed by atoms with van der Waals surface area (Å²) in [6, 6.07) is 2.25. The third kappa shape index (κ3) is 1.48. The molecule has 0 radical (unpaired) electrons. The molecule has 1 aromatic carbocycles. The lowest BCUT2D eigenvalue weighted by atomic mass is 10.1. The van der Waals surface area contributed by atoms with Gasteiger partial charge in [0, 0.05) is 0 Å². The van der Waals surface area contributed by atoms with Crippen LogP contribution < -0.4 is 0 Å². The molecule has 0 saturated heterocycles. The van der Waals surface area contributed by atoms with E-state index in [9.17, 15) is 8.78 Å². The molecule has 0 aromatic heterocycles. The first-order valence-electron chi connectivity index (χ1n) is 3.32. The quantitative estimate of drug-likeness (QED) is 0.664. The average Bonchev–Trinajstić information content (AvgIpc) is 1.99. The minimum absolute atomic E-state index is 0.540. The van der Waals surface area contributed by atoms with Gasteiger partial charge in [0.2, 0.25) is 0 Å². The highest BCUT2D eigenvalue weighted by molar-refractivity contribution is 5.29. The fourth-order valence-corrected chi connectivity index (χ4v) is 0.822. The normalized spacial score (nSPS) is 10.1. The van der Waals surface area contributed by atoms with Gasteiger partial charge in [-0.15, -0.1) is 0 Å². The topological polar surface area (TPSA) is 20.2 Å². The Morgan fingerprint density at radius 3 is 2.09 bits per heavy atom. The van der Waals surface area contributed by atoms with E-state index in [1.165, 1.54) is 0 Å². The average molecular weight is 158 g/mol. The van der Waals surface area contributed by atoms with Gasteiger partial charge in [0.25, 0.3) is 0 Å². The van der Waals surface area contributed by atoms with Gasteiger partial charge in [-0.25, -0.2) is 8.78 Å².